The Morgan fingerprint density at radius 2 is 1.54 bits per heavy atom. The quantitative estimate of drug-likeness (QED) is 0.258. The Balaban J connectivity index is 2.23. The van der Waals surface area contributed by atoms with E-state index in [-0.39, 0.29) is 5.78 Å². The van der Waals surface area contributed by atoms with Gasteiger partial charge in [0.15, 0.2) is 0 Å². The highest BCUT2D eigenvalue weighted by molar-refractivity contribution is 7.48. The van der Waals surface area contributed by atoms with Gasteiger partial charge in [-0.25, -0.2) is 0 Å². The molecule has 1 saturated carbocycles. The van der Waals surface area contributed by atoms with Crippen LogP contribution in [0.15, 0.2) is 12.1 Å². The molecule has 0 spiro atoms. The SMILES string of the molecule is CCCCCCC[P+](=O)C1(C(=O)c2c(C)cc(C)cc2C)CCCCC1. The van der Waals surface area contributed by atoms with Crippen LogP contribution in [0.2, 0.25) is 0 Å². The van der Waals surface area contributed by atoms with E-state index in [9.17, 15) is 9.36 Å². The molecule has 1 atom stereocenters. The summed E-state index contributed by atoms with van der Waals surface area (Å²) in [6, 6.07) is 4.18. The fourth-order valence-electron chi connectivity index (χ4n) is 4.57. The minimum atomic E-state index is -1.50. The highest BCUT2D eigenvalue weighted by atomic mass is 31.1. The average Bonchev–Trinajstić information content (AvgIpc) is 2.61. The number of unbranched alkanes of at least 4 members (excludes halogenated alkanes) is 4. The van der Waals surface area contributed by atoms with Gasteiger partial charge in [-0.1, -0.05) is 54.9 Å². The minimum Gasteiger partial charge on any atom is -0.289 e. The van der Waals surface area contributed by atoms with Gasteiger partial charge in [0, 0.05) is 18.4 Å². The van der Waals surface area contributed by atoms with Crippen molar-refractivity contribution >= 4 is 13.6 Å². The maximum absolute atomic E-state index is 13.7. The molecule has 1 fully saturated rings. The van der Waals surface area contributed by atoms with Gasteiger partial charge in [-0.05, 0) is 57.6 Å². The molecule has 0 aromatic heterocycles. The zero-order valence-corrected chi connectivity index (χ0v) is 18.1. The van der Waals surface area contributed by atoms with Crippen molar-refractivity contribution in [3.63, 3.8) is 0 Å². The maximum atomic E-state index is 13.7. The zero-order chi connectivity index (χ0) is 19.2. The second kappa shape index (κ2) is 9.79. The number of hydrogen-bond acceptors (Lipinski definition) is 2. The predicted octanol–water partition coefficient (Wildman–Crippen LogP) is 7.30. The third kappa shape index (κ3) is 4.83. The summed E-state index contributed by atoms with van der Waals surface area (Å²) in [5.74, 6) is 0.168. The Morgan fingerprint density at radius 1 is 0.962 bits per heavy atom. The Bertz CT molecular complexity index is 619. The molecule has 1 aromatic rings. The van der Waals surface area contributed by atoms with Gasteiger partial charge in [0.1, 0.15) is 6.16 Å². The van der Waals surface area contributed by atoms with Gasteiger partial charge in [-0.2, -0.15) is 0 Å². The first kappa shape index (κ1) is 21.3. The van der Waals surface area contributed by atoms with Crippen LogP contribution in [0, 0.1) is 20.8 Å². The minimum absolute atomic E-state index is 0.168. The van der Waals surface area contributed by atoms with E-state index in [2.05, 4.69) is 26.0 Å². The maximum Gasteiger partial charge on any atom is 0.353 e. The van der Waals surface area contributed by atoms with Gasteiger partial charge >= 0.3 is 7.80 Å². The van der Waals surface area contributed by atoms with Gasteiger partial charge < -0.3 is 0 Å². The standard InChI is InChI=1S/C23H36O2P/c1-5-6-7-8-12-15-26(25)23(13-10-9-11-14-23)22(24)21-19(3)16-18(2)17-20(21)4/h16-17H,5-15H2,1-4H3/q+1. The summed E-state index contributed by atoms with van der Waals surface area (Å²) in [5.41, 5.74) is 4.12. The molecule has 1 aliphatic carbocycles. The van der Waals surface area contributed by atoms with Crippen molar-refractivity contribution in [3.8, 4) is 0 Å². The highest BCUT2D eigenvalue weighted by Crippen LogP contribution is 2.52. The fraction of sp³-hybridized carbons (Fsp3) is 0.696. The molecule has 1 aliphatic rings. The number of hydrogen-bond donors (Lipinski definition) is 0. The van der Waals surface area contributed by atoms with E-state index in [4.69, 9.17) is 0 Å². The molecule has 1 unspecified atom stereocenters. The van der Waals surface area contributed by atoms with E-state index in [0.717, 1.165) is 61.4 Å². The van der Waals surface area contributed by atoms with Gasteiger partial charge in [0.25, 0.3) is 0 Å². The van der Waals surface area contributed by atoms with Crippen molar-refractivity contribution in [1.82, 2.24) is 0 Å². The highest BCUT2D eigenvalue weighted by Gasteiger charge is 2.55. The third-order valence-corrected chi connectivity index (χ3v) is 8.28. The topological polar surface area (TPSA) is 34.1 Å². The molecule has 26 heavy (non-hydrogen) atoms. The van der Waals surface area contributed by atoms with Gasteiger partial charge in [-0.3, -0.25) is 4.79 Å². The van der Waals surface area contributed by atoms with Crippen molar-refractivity contribution < 1.29 is 9.36 Å². The molecular formula is C23H36O2P+. The Kier molecular flexibility index (Phi) is 8.02. The normalized spacial score (nSPS) is 17.2. The molecule has 0 heterocycles. The van der Waals surface area contributed by atoms with E-state index in [1.807, 2.05) is 13.8 Å². The first-order valence-electron chi connectivity index (χ1n) is 10.5. The van der Waals surface area contributed by atoms with Gasteiger partial charge in [0.05, 0.1) is 0 Å². The molecule has 0 amide bonds. The molecule has 0 radical (unpaired) electrons. The van der Waals surface area contributed by atoms with Crippen LogP contribution in [-0.4, -0.2) is 17.1 Å². The van der Waals surface area contributed by atoms with Crippen molar-refractivity contribution in [2.45, 2.75) is 97.1 Å². The molecule has 0 saturated heterocycles. The molecule has 2 nitrogen and oxygen atoms in total. The summed E-state index contributed by atoms with van der Waals surface area (Å²) < 4.78 is 13.4. The van der Waals surface area contributed by atoms with E-state index in [1.165, 1.54) is 31.2 Å². The molecule has 2 rings (SSSR count). The second-order valence-electron chi connectivity index (χ2n) is 8.21. The van der Waals surface area contributed by atoms with E-state index < -0.39 is 13.0 Å². The number of aryl methyl sites for hydroxylation is 3. The van der Waals surface area contributed by atoms with Crippen LogP contribution in [0.3, 0.4) is 0 Å². The summed E-state index contributed by atoms with van der Waals surface area (Å²) in [7, 11) is -1.50. The molecule has 0 aliphatic heterocycles. The number of ketones is 1. The van der Waals surface area contributed by atoms with E-state index in [1.54, 1.807) is 0 Å². The summed E-state index contributed by atoms with van der Waals surface area (Å²) >= 11 is 0. The van der Waals surface area contributed by atoms with Crippen LogP contribution in [-0.2, 0) is 4.57 Å². The van der Waals surface area contributed by atoms with Crippen LogP contribution >= 0.6 is 7.80 Å². The summed E-state index contributed by atoms with van der Waals surface area (Å²) in [6.45, 7) is 8.34. The third-order valence-electron chi connectivity index (χ3n) is 5.95. The Labute approximate surface area is 160 Å². The summed E-state index contributed by atoms with van der Waals surface area (Å²) in [6.07, 6.45) is 11.4. The van der Waals surface area contributed by atoms with Crippen LogP contribution < -0.4 is 0 Å². The lowest BCUT2D eigenvalue weighted by atomic mass is 9.80. The predicted molar refractivity (Wildman–Crippen MR) is 112 cm³/mol. The number of carbonyl (C=O) groups excluding carboxylic acids is 1. The van der Waals surface area contributed by atoms with E-state index >= 15 is 0 Å². The number of carbonyl (C=O) groups is 1. The Hall–Kier alpha value is -1.01. The van der Waals surface area contributed by atoms with Crippen molar-refractivity contribution in [2.24, 2.45) is 0 Å². The first-order valence-corrected chi connectivity index (χ1v) is 11.9. The first-order chi connectivity index (χ1) is 12.4. The Morgan fingerprint density at radius 3 is 2.12 bits per heavy atom. The molecule has 144 valence electrons. The lowest BCUT2D eigenvalue weighted by molar-refractivity contribution is 0.0911. The largest absolute Gasteiger partial charge is 0.353 e. The monoisotopic (exact) mass is 375 g/mol. The van der Waals surface area contributed by atoms with Crippen molar-refractivity contribution in [3.05, 3.63) is 34.4 Å². The summed E-state index contributed by atoms with van der Waals surface area (Å²) in [4.78, 5) is 13.7. The molecule has 3 heteroatoms. The lowest BCUT2D eigenvalue weighted by Crippen LogP contribution is -2.38. The second-order valence-corrected chi connectivity index (χ2v) is 10.3. The van der Waals surface area contributed by atoms with Crippen LogP contribution in [0.5, 0.6) is 0 Å². The summed E-state index contributed by atoms with van der Waals surface area (Å²) in [5, 5.41) is -0.608. The zero-order valence-electron chi connectivity index (χ0n) is 17.2. The van der Waals surface area contributed by atoms with Crippen LogP contribution in [0.25, 0.3) is 0 Å². The molecule has 0 bridgehead atoms. The van der Waals surface area contributed by atoms with E-state index in [0.29, 0.717) is 0 Å². The molecule has 1 aromatic carbocycles. The average molecular weight is 376 g/mol. The molecular weight excluding hydrogens is 339 g/mol. The molecule has 0 N–H and O–H groups in total. The van der Waals surface area contributed by atoms with Gasteiger partial charge in [0.2, 0.25) is 10.9 Å². The lowest BCUT2D eigenvalue weighted by Gasteiger charge is -2.28. The van der Waals surface area contributed by atoms with Crippen LogP contribution in [0.4, 0.5) is 0 Å². The number of benzene rings is 1. The fourth-order valence-corrected chi connectivity index (χ4v) is 6.66. The van der Waals surface area contributed by atoms with Crippen LogP contribution in [0.1, 0.15) is 98.2 Å². The van der Waals surface area contributed by atoms with Crippen molar-refractivity contribution in [1.29, 1.82) is 0 Å². The smallest absolute Gasteiger partial charge is 0.289 e. The van der Waals surface area contributed by atoms with Gasteiger partial charge in [-0.15, -0.1) is 0 Å². The number of Topliss-reactive ketones (excluding diaryl/α,β-unsaturated/α-hetero) is 1. The van der Waals surface area contributed by atoms with Crippen molar-refractivity contribution in [2.75, 3.05) is 6.16 Å². The number of rotatable bonds is 9.